The van der Waals surface area contributed by atoms with Crippen LogP contribution in [0.5, 0.6) is 5.75 Å². The molecular formula is C23H20BrNO4S. The predicted octanol–water partition coefficient (Wildman–Crippen LogP) is 4.68. The fourth-order valence-corrected chi connectivity index (χ4v) is 5.48. The van der Waals surface area contributed by atoms with Crippen LogP contribution in [0.15, 0.2) is 82.2 Å². The smallest absolute Gasteiger partial charge is 0.251 e. The molecule has 1 aliphatic heterocycles. The molecule has 4 rings (SSSR count). The second-order valence-corrected chi connectivity index (χ2v) is 10.0. The Kier molecular flexibility index (Phi) is 5.92. The van der Waals surface area contributed by atoms with Gasteiger partial charge in [-0.3, -0.25) is 4.79 Å². The average molecular weight is 486 g/mol. The number of benzene rings is 3. The van der Waals surface area contributed by atoms with E-state index in [0.717, 1.165) is 15.8 Å². The number of para-hydroxylation sites is 1. The third-order valence-corrected chi connectivity index (χ3v) is 7.53. The molecule has 1 aliphatic rings. The van der Waals surface area contributed by atoms with Crippen molar-refractivity contribution in [2.75, 3.05) is 5.75 Å². The Morgan fingerprint density at radius 2 is 1.70 bits per heavy atom. The van der Waals surface area contributed by atoms with Crippen LogP contribution in [0.4, 0.5) is 0 Å². The van der Waals surface area contributed by atoms with Gasteiger partial charge in [0.2, 0.25) is 0 Å². The molecule has 7 heteroatoms. The number of carbonyl (C=O) groups is 1. The minimum atomic E-state index is -3.28. The van der Waals surface area contributed by atoms with Gasteiger partial charge in [-0.15, -0.1) is 0 Å². The molecule has 1 atom stereocenters. The molecule has 0 saturated heterocycles. The number of halogens is 1. The molecular weight excluding hydrogens is 466 g/mol. The SMILES string of the molecule is O=C(NC1CCS(=O)(=O)c2ccccc21)c1ccc(COc2ccccc2Br)cc1. The lowest BCUT2D eigenvalue weighted by atomic mass is 10.0. The fourth-order valence-electron chi connectivity index (χ4n) is 3.46. The van der Waals surface area contributed by atoms with E-state index in [0.29, 0.717) is 29.1 Å². The van der Waals surface area contributed by atoms with E-state index >= 15 is 0 Å². The van der Waals surface area contributed by atoms with Crippen molar-refractivity contribution in [3.63, 3.8) is 0 Å². The van der Waals surface area contributed by atoms with Gasteiger partial charge in [0, 0.05) is 5.56 Å². The molecule has 0 spiro atoms. The molecule has 0 aliphatic carbocycles. The van der Waals surface area contributed by atoms with Crippen LogP contribution in [-0.2, 0) is 16.4 Å². The Balaban J connectivity index is 1.43. The summed E-state index contributed by atoms with van der Waals surface area (Å²) in [6, 6.07) is 21.4. The van der Waals surface area contributed by atoms with Crippen molar-refractivity contribution in [1.82, 2.24) is 5.32 Å². The maximum absolute atomic E-state index is 12.7. The topological polar surface area (TPSA) is 72.5 Å². The van der Waals surface area contributed by atoms with Crippen molar-refractivity contribution in [3.05, 3.63) is 94.0 Å². The van der Waals surface area contributed by atoms with Crippen LogP contribution in [0.3, 0.4) is 0 Å². The minimum Gasteiger partial charge on any atom is -0.488 e. The molecule has 0 fully saturated rings. The first kappa shape index (κ1) is 20.6. The zero-order valence-corrected chi connectivity index (χ0v) is 18.4. The van der Waals surface area contributed by atoms with Crippen LogP contribution in [0, 0.1) is 0 Å². The lowest BCUT2D eigenvalue weighted by molar-refractivity contribution is 0.0934. The fraction of sp³-hybridized carbons (Fsp3) is 0.174. The van der Waals surface area contributed by atoms with Gasteiger partial charge < -0.3 is 10.1 Å². The molecule has 0 aromatic heterocycles. The highest BCUT2D eigenvalue weighted by Crippen LogP contribution is 2.32. The number of sulfone groups is 1. The number of hydrogen-bond donors (Lipinski definition) is 1. The molecule has 3 aromatic carbocycles. The van der Waals surface area contributed by atoms with E-state index in [-0.39, 0.29) is 17.7 Å². The quantitative estimate of drug-likeness (QED) is 0.569. The molecule has 30 heavy (non-hydrogen) atoms. The van der Waals surface area contributed by atoms with Gasteiger partial charge in [0.15, 0.2) is 9.84 Å². The lowest BCUT2D eigenvalue weighted by Gasteiger charge is -2.26. The van der Waals surface area contributed by atoms with Crippen LogP contribution in [-0.4, -0.2) is 20.1 Å². The summed E-state index contributed by atoms with van der Waals surface area (Å²) in [6.07, 6.45) is 0.364. The summed E-state index contributed by atoms with van der Waals surface area (Å²) in [5.41, 5.74) is 2.11. The minimum absolute atomic E-state index is 0.0281. The Bertz CT molecular complexity index is 1180. The number of ether oxygens (including phenoxy) is 1. The average Bonchev–Trinajstić information content (AvgIpc) is 2.76. The van der Waals surface area contributed by atoms with Crippen LogP contribution >= 0.6 is 15.9 Å². The van der Waals surface area contributed by atoms with Crippen LogP contribution in [0.25, 0.3) is 0 Å². The van der Waals surface area contributed by atoms with Crippen molar-refractivity contribution >= 4 is 31.7 Å². The van der Waals surface area contributed by atoms with Crippen molar-refractivity contribution in [3.8, 4) is 5.75 Å². The Morgan fingerprint density at radius 3 is 2.47 bits per heavy atom. The second kappa shape index (κ2) is 8.62. The van der Waals surface area contributed by atoms with Gasteiger partial charge in [-0.1, -0.05) is 42.5 Å². The summed E-state index contributed by atoms with van der Waals surface area (Å²) in [5, 5.41) is 2.97. The Morgan fingerprint density at radius 1 is 1.00 bits per heavy atom. The van der Waals surface area contributed by atoms with Crippen molar-refractivity contribution in [2.24, 2.45) is 0 Å². The number of carbonyl (C=O) groups excluding carboxylic acids is 1. The Hall–Kier alpha value is -2.64. The number of fused-ring (bicyclic) bond motifs is 1. The monoisotopic (exact) mass is 485 g/mol. The van der Waals surface area contributed by atoms with Gasteiger partial charge in [-0.2, -0.15) is 0 Å². The lowest BCUT2D eigenvalue weighted by Crippen LogP contribution is -2.33. The first-order valence-corrected chi connectivity index (χ1v) is 12.0. The zero-order valence-electron chi connectivity index (χ0n) is 16.0. The molecule has 0 saturated carbocycles. The highest BCUT2D eigenvalue weighted by molar-refractivity contribution is 9.10. The molecule has 5 nitrogen and oxygen atoms in total. The molecule has 3 aromatic rings. The second-order valence-electron chi connectivity index (χ2n) is 7.09. The van der Waals surface area contributed by atoms with E-state index in [1.165, 1.54) is 0 Å². The van der Waals surface area contributed by atoms with Crippen LogP contribution in [0.1, 0.15) is 33.9 Å². The number of nitrogens with one attached hydrogen (secondary N) is 1. The summed E-state index contributed by atoms with van der Waals surface area (Å²) in [5.74, 6) is 0.554. The molecule has 1 amide bonds. The maximum atomic E-state index is 12.7. The molecule has 0 radical (unpaired) electrons. The summed E-state index contributed by atoms with van der Waals surface area (Å²) in [4.78, 5) is 13.0. The van der Waals surface area contributed by atoms with E-state index < -0.39 is 9.84 Å². The zero-order chi connectivity index (χ0) is 21.1. The molecule has 1 unspecified atom stereocenters. The highest BCUT2D eigenvalue weighted by Gasteiger charge is 2.30. The molecule has 1 heterocycles. The Labute approximate surface area is 184 Å². The van der Waals surface area contributed by atoms with E-state index in [1.54, 1.807) is 36.4 Å². The first-order valence-electron chi connectivity index (χ1n) is 9.53. The predicted molar refractivity (Wildman–Crippen MR) is 118 cm³/mol. The largest absolute Gasteiger partial charge is 0.488 e. The van der Waals surface area contributed by atoms with E-state index in [9.17, 15) is 13.2 Å². The summed E-state index contributed by atoms with van der Waals surface area (Å²) >= 11 is 3.45. The standard InChI is InChI=1S/C23H20BrNO4S/c24-19-6-2-3-7-21(19)29-15-16-9-11-17(12-10-16)23(26)25-20-13-14-30(27,28)22-8-4-1-5-18(20)22/h1-12,20H,13-15H2,(H,25,26). The van der Waals surface area contributed by atoms with Gasteiger partial charge >= 0.3 is 0 Å². The maximum Gasteiger partial charge on any atom is 0.251 e. The van der Waals surface area contributed by atoms with Crippen molar-refractivity contribution in [2.45, 2.75) is 24.0 Å². The third kappa shape index (κ3) is 4.42. The van der Waals surface area contributed by atoms with Gasteiger partial charge in [0.25, 0.3) is 5.91 Å². The number of rotatable bonds is 5. The van der Waals surface area contributed by atoms with Crippen molar-refractivity contribution in [1.29, 1.82) is 0 Å². The number of hydrogen-bond acceptors (Lipinski definition) is 4. The molecule has 154 valence electrons. The van der Waals surface area contributed by atoms with Gasteiger partial charge in [-0.05, 0) is 63.8 Å². The van der Waals surface area contributed by atoms with Crippen LogP contribution < -0.4 is 10.1 Å². The van der Waals surface area contributed by atoms with Crippen molar-refractivity contribution < 1.29 is 17.9 Å². The van der Waals surface area contributed by atoms with Crippen LogP contribution in [0.2, 0.25) is 0 Å². The van der Waals surface area contributed by atoms with E-state index in [2.05, 4.69) is 21.2 Å². The van der Waals surface area contributed by atoms with Gasteiger partial charge in [-0.25, -0.2) is 8.42 Å². The molecule has 0 bridgehead atoms. The van der Waals surface area contributed by atoms with Gasteiger partial charge in [0.1, 0.15) is 12.4 Å². The first-order chi connectivity index (χ1) is 14.4. The van der Waals surface area contributed by atoms with E-state index in [4.69, 9.17) is 4.74 Å². The normalized spacial score (nSPS) is 17.0. The third-order valence-electron chi connectivity index (χ3n) is 5.06. The summed E-state index contributed by atoms with van der Waals surface area (Å²) in [7, 11) is -3.28. The van der Waals surface area contributed by atoms with E-state index in [1.807, 2.05) is 36.4 Å². The number of amides is 1. The molecule has 1 N–H and O–H groups in total. The highest BCUT2D eigenvalue weighted by atomic mass is 79.9. The van der Waals surface area contributed by atoms with Gasteiger partial charge in [0.05, 0.1) is 21.2 Å². The summed E-state index contributed by atoms with van der Waals surface area (Å²) in [6.45, 7) is 0.387. The summed E-state index contributed by atoms with van der Waals surface area (Å²) < 4.78 is 31.2.